The molecule has 0 bridgehead atoms. The summed E-state index contributed by atoms with van der Waals surface area (Å²) >= 11 is 11.6. The Balaban J connectivity index is 2.05. The van der Waals surface area contributed by atoms with Gasteiger partial charge in [-0.15, -0.1) is 11.3 Å². The molecule has 1 unspecified atom stereocenters. The van der Waals surface area contributed by atoms with E-state index < -0.39 is 0 Å². The van der Waals surface area contributed by atoms with Crippen LogP contribution in [0, 0.1) is 0 Å². The van der Waals surface area contributed by atoms with Crippen molar-refractivity contribution in [2.24, 2.45) is 0 Å². The summed E-state index contributed by atoms with van der Waals surface area (Å²) in [6.07, 6.45) is 3.16. The van der Waals surface area contributed by atoms with Gasteiger partial charge in [0.1, 0.15) is 0 Å². The number of nitrogens with one attached hydrogen (secondary N) is 1. The SMILES string of the molecule is CCCNC(Cc1ccc(Br)s1)Cc1ccccc1Cl. The van der Waals surface area contributed by atoms with Crippen molar-refractivity contribution in [1.29, 1.82) is 0 Å². The molecule has 1 N–H and O–H groups in total. The van der Waals surface area contributed by atoms with Crippen LogP contribution in [-0.4, -0.2) is 12.6 Å². The van der Waals surface area contributed by atoms with E-state index in [1.165, 1.54) is 14.2 Å². The van der Waals surface area contributed by atoms with Gasteiger partial charge in [0.05, 0.1) is 3.79 Å². The van der Waals surface area contributed by atoms with Gasteiger partial charge in [-0.3, -0.25) is 0 Å². The molecule has 0 aliphatic carbocycles. The number of thiophene rings is 1. The van der Waals surface area contributed by atoms with Crippen molar-refractivity contribution in [2.75, 3.05) is 6.54 Å². The Hall–Kier alpha value is -0.350. The Morgan fingerprint density at radius 2 is 2.00 bits per heavy atom. The first kappa shape index (κ1) is 16.0. The van der Waals surface area contributed by atoms with Crippen molar-refractivity contribution in [1.82, 2.24) is 5.32 Å². The van der Waals surface area contributed by atoms with E-state index in [9.17, 15) is 0 Å². The lowest BCUT2D eigenvalue weighted by Gasteiger charge is -2.18. The highest BCUT2D eigenvalue weighted by molar-refractivity contribution is 9.11. The summed E-state index contributed by atoms with van der Waals surface area (Å²) in [7, 11) is 0. The Kier molecular flexibility index (Phi) is 6.56. The zero-order valence-electron chi connectivity index (χ0n) is 11.5. The molecule has 0 aliphatic rings. The lowest BCUT2D eigenvalue weighted by Crippen LogP contribution is -2.33. The first-order valence-corrected chi connectivity index (χ1v) is 8.88. The van der Waals surface area contributed by atoms with Crippen LogP contribution in [0.15, 0.2) is 40.2 Å². The lowest BCUT2D eigenvalue weighted by molar-refractivity contribution is 0.507. The average Bonchev–Trinajstić information content (AvgIpc) is 2.84. The summed E-state index contributed by atoms with van der Waals surface area (Å²) < 4.78 is 1.19. The second-order valence-corrected chi connectivity index (χ2v) is 7.81. The third kappa shape index (κ3) is 4.88. The Morgan fingerprint density at radius 1 is 1.20 bits per heavy atom. The molecule has 1 aromatic heterocycles. The van der Waals surface area contributed by atoms with Crippen molar-refractivity contribution < 1.29 is 0 Å². The van der Waals surface area contributed by atoms with E-state index in [2.05, 4.69) is 52.4 Å². The Labute approximate surface area is 138 Å². The van der Waals surface area contributed by atoms with E-state index in [1.807, 2.05) is 23.5 Å². The molecule has 0 aliphatic heterocycles. The minimum absolute atomic E-state index is 0.431. The van der Waals surface area contributed by atoms with Crippen LogP contribution < -0.4 is 5.32 Å². The molecule has 2 rings (SSSR count). The highest BCUT2D eigenvalue weighted by Gasteiger charge is 2.13. The first-order chi connectivity index (χ1) is 9.69. The molecule has 0 fully saturated rings. The number of rotatable bonds is 7. The summed E-state index contributed by atoms with van der Waals surface area (Å²) in [6.45, 7) is 3.24. The normalized spacial score (nSPS) is 12.6. The number of benzene rings is 1. The second-order valence-electron chi connectivity index (χ2n) is 4.86. The van der Waals surface area contributed by atoms with Gasteiger partial charge >= 0.3 is 0 Å². The predicted molar refractivity (Wildman–Crippen MR) is 93.0 cm³/mol. The summed E-state index contributed by atoms with van der Waals surface area (Å²) in [6, 6.07) is 12.9. The molecule has 2 aromatic rings. The van der Waals surface area contributed by atoms with Gasteiger partial charge in [-0.1, -0.05) is 36.7 Å². The standard InChI is InChI=1S/C16H19BrClNS/c1-2-9-19-13(11-14-7-8-16(17)20-14)10-12-5-3-4-6-15(12)18/h3-8,13,19H,2,9-11H2,1H3. The van der Waals surface area contributed by atoms with Gasteiger partial charge in [-0.05, 0) is 65.5 Å². The summed E-state index contributed by atoms with van der Waals surface area (Å²) in [5.74, 6) is 0. The van der Waals surface area contributed by atoms with Crippen LogP contribution in [-0.2, 0) is 12.8 Å². The fraction of sp³-hybridized carbons (Fsp3) is 0.375. The van der Waals surface area contributed by atoms with Gasteiger partial charge < -0.3 is 5.32 Å². The monoisotopic (exact) mass is 371 g/mol. The zero-order chi connectivity index (χ0) is 14.4. The molecule has 20 heavy (non-hydrogen) atoms. The van der Waals surface area contributed by atoms with Gasteiger partial charge in [-0.25, -0.2) is 0 Å². The maximum atomic E-state index is 6.28. The Morgan fingerprint density at radius 3 is 2.65 bits per heavy atom. The minimum Gasteiger partial charge on any atom is -0.313 e. The van der Waals surface area contributed by atoms with Crippen LogP contribution in [0.25, 0.3) is 0 Å². The summed E-state index contributed by atoms with van der Waals surface area (Å²) in [5, 5.41) is 4.50. The third-order valence-corrected chi connectivity index (χ3v) is 5.20. The largest absolute Gasteiger partial charge is 0.313 e. The van der Waals surface area contributed by atoms with E-state index in [0.29, 0.717) is 6.04 Å². The van der Waals surface area contributed by atoms with Crippen molar-refractivity contribution in [2.45, 2.75) is 32.2 Å². The third-order valence-electron chi connectivity index (χ3n) is 3.18. The number of halogens is 2. The van der Waals surface area contributed by atoms with E-state index in [-0.39, 0.29) is 0 Å². The second kappa shape index (κ2) is 8.18. The van der Waals surface area contributed by atoms with Gasteiger partial charge in [-0.2, -0.15) is 0 Å². The fourth-order valence-corrected chi connectivity index (χ4v) is 3.97. The molecule has 0 saturated carbocycles. The molecule has 0 saturated heterocycles. The number of hydrogen-bond acceptors (Lipinski definition) is 2. The van der Waals surface area contributed by atoms with Gasteiger partial charge in [0.2, 0.25) is 0 Å². The van der Waals surface area contributed by atoms with Crippen molar-refractivity contribution in [3.05, 3.63) is 55.6 Å². The highest BCUT2D eigenvalue weighted by Crippen LogP contribution is 2.24. The average molecular weight is 373 g/mol. The van der Waals surface area contributed by atoms with Crippen LogP contribution in [0.5, 0.6) is 0 Å². The quantitative estimate of drug-likeness (QED) is 0.694. The van der Waals surface area contributed by atoms with Gasteiger partial charge in [0, 0.05) is 15.9 Å². The van der Waals surface area contributed by atoms with Crippen LogP contribution in [0.2, 0.25) is 5.02 Å². The van der Waals surface area contributed by atoms with Crippen molar-refractivity contribution in [3.8, 4) is 0 Å². The fourth-order valence-electron chi connectivity index (χ4n) is 2.20. The lowest BCUT2D eigenvalue weighted by atomic mass is 10.0. The topological polar surface area (TPSA) is 12.0 Å². The summed E-state index contributed by atoms with van der Waals surface area (Å²) in [5.41, 5.74) is 1.22. The molecule has 0 radical (unpaired) electrons. The molecule has 1 atom stereocenters. The van der Waals surface area contributed by atoms with E-state index in [4.69, 9.17) is 11.6 Å². The highest BCUT2D eigenvalue weighted by atomic mass is 79.9. The maximum absolute atomic E-state index is 6.28. The molecule has 1 nitrogen and oxygen atoms in total. The smallest absolute Gasteiger partial charge is 0.0701 e. The number of hydrogen-bond donors (Lipinski definition) is 1. The van der Waals surface area contributed by atoms with Crippen molar-refractivity contribution >= 4 is 38.9 Å². The van der Waals surface area contributed by atoms with E-state index in [0.717, 1.165) is 30.8 Å². The van der Waals surface area contributed by atoms with Crippen LogP contribution >= 0.6 is 38.9 Å². The van der Waals surface area contributed by atoms with E-state index >= 15 is 0 Å². The molecular weight excluding hydrogens is 354 g/mol. The molecule has 0 spiro atoms. The minimum atomic E-state index is 0.431. The molecule has 1 aromatic carbocycles. The Bertz CT molecular complexity index is 541. The van der Waals surface area contributed by atoms with Crippen LogP contribution in [0.1, 0.15) is 23.8 Å². The molecular formula is C16H19BrClNS. The first-order valence-electron chi connectivity index (χ1n) is 6.90. The molecule has 108 valence electrons. The zero-order valence-corrected chi connectivity index (χ0v) is 14.7. The molecule has 4 heteroatoms. The summed E-state index contributed by atoms with van der Waals surface area (Å²) in [4.78, 5) is 1.40. The van der Waals surface area contributed by atoms with Crippen molar-refractivity contribution in [3.63, 3.8) is 0 Å². The predicted octanol–water partition coefficient (Wildman–Crippen LogP) is 5.32. The molecule has 1 heterocycles. The molecule has 0 amide bonds. The van der Waals surface area contributed by atoms with Gasteiger partial charge in [0.25, 0.3) is 0 Å². The van der Waals surface area contributed by atoms with Crippen LogP contribution in [0.3, 0.4) is 0 Å². The maximum Gasteiger partial charge on any atom is 0.0701 e. The van der Waals surface area contributed by atoms with Crippen LogP contribution in [0.4, 0.5) is 0 Å². The van der Waals surface area contributed by atoms with Gasteiger partial charge in [0.15, 0.2) is 0 Å². The van der Waals surface area contributed by atoms with E-state index in [1.54, 1.807) is 0 Å².